The second kappa shape index (κ2) is 7.14. The van der Waals surface area contributed by atoms with E-state index < -0.39 is 10.1 Å². The Balaban J connectivity index is 0.00000128. The van der Waals surface area contributed by atoms with Gasteiger partial charge in [-0.3, -0.25) is 0 Å². The fraction of sp³-hybridized carbons (Fsp3) is 0.0909. The summed E-state index contributed by atoms with van der Waals surface area (Å²) >= 11 is 0. The predicted molar refractivity (Wildman–Crippen MR) is 73.7 cm³/mol. The van der Waals surface area contributed by atoms with Gasteiger partial charge in [0.25, 0.3) is 0 Å². The Morgan fingerprint density at radius 1 is 0.941 bits per heavy atom. The maximum absolute atomic E-state index is 11.0. The van der Waals surface area contributed by atoms with Crippen LogP contribution < -0.4 is 4.18 Å². The SMILES string of the molecule is CS(=O)(=O)Oc1cccc2ccccc12.[NaH].[NaH]. The van der Waals surface area contributed by atoms with Crippen LogP contribution in [0.4, 0.5) is 0 Å². The van der Waals surface area contributed by atoms with Crippen molar-refractivity contribution in [3.8, 4) is 5.75 Å². The minimum atomic E-state index is -3.47. The Hall–Kier alpha value is 0.450. The summed E-state index contributed by atoms with van der Waals surface area (Å²) in [6.45, 7) is 0. The molecule has 2 rings (SSSR count). The van der Waals surface area contributed by atoms with Crippen LogP contribution in [0.3, 0.4) is 0 Å². The third-order valence-electron chi connectivity index (χ3n) is 1.99. The van der Waals surface area contributed by atoms with E-state index >= 15 is 0 Å². The number of hydrogen-bond donors (Lipinski definition) is 0. The Morgan fingerprint density at radius 3 is 2.18 bits per heavy atom. The first-order valence-corrected chi connectivity index (χ1v) is 6.25. The number of hydrogen-bond acceptors (Lipinski definition) is 3. The minimum absolute atomic E-state index is 0. The van der Waals surface area contributed by atoms with Crippen molar-refractivity contribution in [3.63, 3.8) is 0 Å². The van der Waals surface area contributed by atoms with Crippen molar-refractivity contribution in [1.82, 2.24) is 0 Å². The van der Waals surface area contributed by atoms with Crippen molar-refractivity contribution >= 4 is 80.0 Å². The van der Waals surface area contributed by atoms with E-state index in [1.165, 1.54) is 0 Å². The average Bonchev–Trinajstić information content (AvgIpc) is 2.16. The van der Waals surface area contributed by atoms with Crippen LogP contribution >= 0.6 is 0 Å². The van der Waals surface area contributed by atoms with E-state index in [-0.39, 0.29) is 59.1 Å². The van der Waals surface area contributed by atoms with Crippen LogP contribution in [0.5, 0.6) is 5.75 Å². The van der Waals surface area contributed by atoms with Gasteiger partial charge in [-0.2, -0.15) is 8.42 Å². The van der Waals surface area contributed by atoms with E-state index in [4.69, 9.17) is 4.18 Å². The van der Waals surface area contributed by atoms with Gasteiger partial charge in [0.15, 0.2) is 0 Å². The van der Waals surface area contributed by atoms with Gasteiger partial charge in [0.2, 0.25) is 0 Å². The molecule has 0 aliphatic heterocycles. The third-order valence-corrected chi connectivity index (χ3v) is 2.47. The van der Waals surface area contributed by atoms with E-state index in [1.54, 1.807) is 12.1 Å². The molecule has 2 aromatic rings. The van der Waals surface area contributed by atoms with E-state index in [2.05, 4.69) is 0 Å². The molecule has 0 saturated carbocycles. The molecule has 0 atom stereocenters. The fourth-order valence-electron chi connectivity index (χ4n) is 1.43. The predicted octanol–water partition coefficient (Wildman–Crippen LogP) is 0.881. The maximum atomic E-state index is 11.0. The Bertz CT molecular complexity index is 591. The first kappa shape index (κ1) is 17.4. The zero-order valence-corrected chi connectivity index (χ0v) is 8.99. The molecule has 6 heteroatoms. The molecule has 0 heterocycles. The monoisotopic (exact) mass is 270 g/mol. The first-order valence-electron chi connectivity index (χ1n) is 4.43. The molecule has 0 radical (unpaired) electrons. The molecule has 17 heavy (non-hydrogen) atoms. The molecule has 3 nitrogen and oxygen atoms in total. The van der Waals surface area contributed by atoms with Gasteiger partial charge in [-0.05, 0) is 11.5 Å². The topological polar surface area (TPSA) is 43.4 Å². The molecule has 0 bridgehead atoms. The van der Waals surface area contributed by atoms with Crippen molar-refractivity contribution in [2.24, 2.45) is 0 Å². The molecule has 0 fully saturated rings. The second-order valence-electron chi connectivity index (χ2n) is 3.26. The van der Waals surface area contributed by atoms with Crippen LogP contribution in [0.1, 0.15) is 0 Å². The summed E-state index contributed by atoms with van der Waals surface area (Å²) in [4.78, 5) is 0. The summed E-state index contributed by atoms with van der Waals surface area (Å²) in [7, 11) is -3.47. The Kier molecular flexibility index (Phi) is 7.33. The fourth-order valence-corrected chi connectivity index (χ4v) is 1.90. The molecule has 0 unspecified atom stereocenters. The molecular formula is C11H12Na2O3S. The zero-order chi connectivity index (χ0) is 10.9. The quantitative estimate of drug-likeness (QED) is 0.601. The molecule has 0 aliphatic rings. The first-order chi connectivity index (χ1) is 7.06. The van der Waals surface area contributed by atoms with E-state index in [9.17, 15) is 8.42 Å². The summed E-state index contributed by atoms with van der Waals surface area (Å²) < 4.78 is 26.9. The van der Waals surface area contributed by atoms with Crippen molar-refractivity contribution in [3.05, 3.63) is 42.5 Å². The van der Waals surface area contributed by atoms with Crippen LogP contribution in [0.2, 0.25) is 0 Å². The van der Waals surface area contributed by atoms with Gasteiger partial charge in [-0.1, -0.05) is 36.4 Å². The van der Waals surface area contributed by atoms with Gasteiger partial charge in [0, 0.05) is 5.39 Å². The molecule has 0 N–H and O–H groups in total. The van der Waals surface area contributed by atoms with Gasteiger partial charge in [0.1, 0.15) is 5.75 Å². The van der Waals surface area contributed by atoms with E-state index in [0.717, 1.165) is 17.0 Å². The summed E-state index contributed by atoms with van der Waals surface area (Å²) in [5, 5.41) is 1.75. The third kappa shape index (κ3) is 4.91. The number of fused-ring (bicyclic) bond motifs is 1. The molecule has 0 aliphatic carbocycles. The van der Waals surface area contributed by atoms with Crippen LogP contribution in [0.25, 0.3) is 10.8 Å². The molecule has 82 valence electrons. The summed E-state index contributed by atoms with van der Waals surface area (Å²) in [5.74, 6) is 0.371. The second-order valence-corrected chi connectivity index (χ2v) is 4.84. The summed E-state index contributed by atoms with van der Waals surface area (Å²) in [6, 6.07) is 12.8. The van der Waals surface area contributed by atoms with Gasteiger partial charge in [-0.25, -0.2) is 0 Å². The molecular weight excluding hydrogens is 258 g/mol. The van der Waals surface area contributed by atoms with Gasteiger partial charge in [0.05, 0.1) is 6.26 Å². The van der Waals surface area contributed by atoms with Crippen LogP contribution in [0, 0.1) is 0 Å². The van der Waals surface area contributed by atoms with E-state index in [1.807, 2.05) is 30.3 Å². The van der Waals surface area contributed by atoms with Crippen molar-refractivity contribution in [2.75, 3.05) is 6.26 Å². The van der Waals surface area contributed by atoms with Gasteiger partial charge < -0.3 is 4.18 Å². The summed E-state index contributed by atoms with van der Waals surface area (Å²) in [6.07, 6.45) is 1.04. The molecule has 0 saturated heterocycles. The van der Waals surface area contributed by atoms with Crippen molar-refractivity contribution in [1.29, 1.82) is 0 Å². The van der Waals surface area contributed by atoms with Crippen LogP contribution in [0.15, 0.2) is 42.5 Å². The van der Waals surface area contributed by atoms with Crippen LogP contribution in [-0.2, 0) is 10.1 Å². The Labute approximate surface area is 145 Å². The number of benzene rings is 2. The molecule has 0 spiro atoms. The van der Waals surface area contributed by atoms with E-state index in [0.29, 0.717) is 5.75 Å². The normalized spacial score (nSPS) is 10.2. The molecule has 0 amide bonds. The standard InChI is InChI=1S/C11H10O3S.2Na.2H/c1-15(12,13)14-11-8-4-6-9-5-2-3-7-10(9)11;;;;/h2-8H,1H3;;;;. The zero-order valence-electron chi connectivity index (χ0n) is 8.17. The van der Waals surface area contributed by atoms with Crippen LogP contribution in [-0.4, -0.2) is 73.8 Å². The summed E-state index contributed by atoms with van der Waals surface area (Å²) in [5.41, 5.74) is 0. The number of rotatable bonds is 2. The van der Waals surface area contributed by atoms with Gasteiger partial charge in [-0.15, -0.1) is 0 Å². The van der Waals surface area contributed by atoms with Crippen molar-refractivity contribution < 1.29 is 12.6 Å². The van der Waals surface area contributed by atoms with Crippen molar-refractivity contribution in [2.45, 2.75) is 0 Å². The molecule has 0 aromatic heterocycles. The molecule has 2 aromatic carbocycles. The Morgan fingerprint density at radius 2 is 1.53 bits per heavy atom. The van der Waals surface area contributed by atoms with Gasteiger partial charge >= 0.3 is 69.2 Å². The average molecular weight is 270 g/mol.